The number of sulfonamides is 1. The van der Waals surface area contributed by atoms with E-state index < -0.39 is 10.0 Å². The van der Waals surface area contributed by atoms with E-state index in [0.717, 1.165) is 44.5 Å². The molecule has 34 heavy (non-hydrogen) atoms. The number of halogens is 1. The SMILES string of the molecule is O=C(c1ccc(N2CCCC2)c(S(=O)(=O)N2CCCC2)c1)N1CCN(c2ccc(F)cc2)CC1. The highest BCUT2D eigenvalue weighted by Crippen LogP contribution is 2.33. The van der Waals surface area contributed by atoms with Gasteiger partial charge in [0.25, 0.3) is 5.91 Å². The molecular formula is C25H31FN4O3S. The average Bonchev–Trinajstić information content (AvgIpc) is 3.59. The Morgan fingerprint density at radius 2 is 1.35 bits per heavy atom. The maximum Gasteiger partial charge on any atom is 0.254 e. The zero-order valence-electron chi connectivity index (χ0n) is 19.3. The van der Waals surface area contributed by atoms with Crippen LogP contribution >= 0.6 is 0 Å². The fraction of sp³-hybridized carbons (Fsp3) is 0.480. The van der Waals surface area contributed by atoms with Gasteiger partial charge in [-0.25, -0.2) is 12.8 Å². The van der Waals surface area contributed by atoms with Crippen molar-refractivity contribution in [3.05, 3.63) is 53.8 Å². The number of benzene rings is 2. The molecule has 1 amide bonds. The highest BCUT2D eigenvalue weighted by atomic mass is 32.2. The van der Waals surface area contributed by atoms with Gasteiger partial charge in [0.2, 0.25) is 10.0 Å². The summed E-state index contributed by atoms with van der Waals surface area (Å²) in [5, 5.41) is 0. The topological polar surface area (TPSA) is 64.2 Å². The highest BCUT2D eigenvalue weighted by molar-refractivity contribution is 7.89. The third-order valence-electron chi connectivity index (χ3n) is 7.10. The number of hydrogen-bond acceptors (Lipinski definition) is 5. The molecule has 3 heterocycles. The molecule has 2 aromatic carbocycles. The van der Waals surface area contributed by atoms with Crippen LogP contribution in [0.25, 0.3) is 0 Å². The number of nitrogens with zero attached hydrogens (tertiary/aromatic N) is 4. The molecule has 182 valence electrons. The van der Waals surface area contributed by atoms with Crippen LogP contribution in [0.4, 0.5) is 15.8 Å². The van der Waals surface area contributed by atoms with Crippen LogP contribution < -0.4 is 9.80 Å². The van der Waals surface area contributed by atoms with Crippen molar-refractivity contribution in [3.63, 3.8) is 0 Å². The molecule has 0 atom stereocenters. The number of rotatable bonds is 5. The van der Waals surface area contributed by atoms with Crippen LogP contribution in [0, 0.1) is 5.82 Å². The van der Waals surface area contributed by atoms with Crippen LogP contribution in [-0.2, 0) is 10.0 Å². The minimum atomic E-state index is -3.66. The first-order valence-corrected chi connectivity index (χ1v) is 13.6. The first kappa shape index (κ1) is 23.1. The maximum atomic E-state index is 13.5. The molecule has 0 bridgehead atoms. The van der Waals surface area contributed by atoms with Gasteiger partial charge in [0.15, 0.2) is 0 Å². The Balaban J connectivity index is 1.37. The zero-order valence-corrected chi connectivity index (χ0v) is 20.1. The van der Waals surface area contributed by atoms with Crippen molar-refractivity contribution in [2.45, 2.75) is 30.6 Å². The van der Waals surface area contributed by atoms with Crippen LogP contribution in [-0.4, -0.2) is 75.9 Å². The van der Waals surface area contributed by atoms with Gasteiger partial charge in [0.1, 0.15) is 10.7 Å². The second-order valence-electron chi connectivity index (χ2n) is 9.24. The molecule has 0 unspecified atom stereocenters. The lowest BCUT2D eigenvalue weighted by atomic mass is 10.1. The van der Waals surface area contributed by atoms with E-state index >= 15 is 0 Å². The van der Waals surface area contributed by atoms with E-state index in [9.17, 15) is 17.6 Å². The smallest absolute Gasteiger partial charge is 0.254 e. The standard InChI is InChI=1S/C25H31FN4O3S/c26-21-6-8-22(9-7-21)27-15-17-29(18-16-27)25(31)20-5-10-23(28-11-1-2-12-28)24(19-20)34(32,33)30-13-3-4-14-30/h5-10,19H,1-4,11-18H2. The summed E-state index contributed by atoms with van der Waals surface area (Å²) in [5.41, 5.74) is 2.06. The molecule has 0 aliphatic carbocycles. The molecular weight excluding hydrogens is 455 g/mol. The van der Waals surface area contributed by atoms with Crippen molar-refractivity contribution in [1.82, 2.24) is 9.21 Å². The molecule has 0 N–H and O–H groups in total. The lowest BCUT2D eigenvalue weighted by Crippen LogP contribution is -2.48. The Hall–Kier alpha value is -2.65. The summed E-state index contributed by atoms with van der Waals surface area (Å²) in [6.07, 6.45) is 3.83. The minimum Gasteiger partial charge on any atom is -0.370 e. The van der Waals surface area contributed by atoms with E-state index in [-0.39, 0.29) is 16.6 Å². The molecule has 2 aromatic rings. The van der Waals surface area contributed by atoms with Gasteiger partial charge < -0.3 is 14.7 Å². The molecule has 3 fully saturated rings. The van der Waals surface area contributed by atoms with Gasteiger partial charge in [-0.05, 0) is 68.1 Å². The molecule has 5 rings (SSSR count). The van der Waals surface area contributed by atoms with Gasteiger partial charge in [0.05, 0.1) is 5.69 Å². The average molecular weight is 487 g/mol. The quantitative estimate of drug-likeness (QED) is 0.650. The van der Waals surface area contributed by atoms with Gasteiger partial charge in [-0.1, -0.05) is 0 Å². The largest absolute Gasteiger partial charge is 0.370 e. The minimum absolute atomic E-state index is 0.149. The third kappa shape index (κ3) is 4.51. The number of anilines is 2. The summed E-state index contributed by atoms with van der Waals surface area (Å²) >= 11 is 0. The Kier molecular flexibility index (Phi) is 6.48. The summed E-state index contributed by atoms with van der Waals surface area (Å²) in [5.74, 6) is -0.417. The second kappa shape index (κ2) is 9.54. The van der Waals surface area contributed by atoms with Gasteiger partial charge in [-0.2, -0.15) is 4.31 Å². The number of carbonyl (C=O) groups is 1. The summed E-state index contributed by atoms with van der Waals surface area (Å²) in [4.78, 5) is 19.6. The van der Waals surface area contributed by atoms with E-state index in [4.69, 9.17) is 0 Å². The molecule has 0 radical (unpaired) electrons. The fourth-order valence-corrected chi connectivity index (χ4v) is 6.90. The molecule has 0 spiro atoms. The molecule has 0 aromatic heterocycles. The summed E-state index contributed by atoms with van der Waals surface area (Å²) < 4.78 is 41.8. The van der Waals surface area contributed by atoms with Gasteiger partial charge >= 0.3 is 0 Å². The lowest BCUT2D eigenvalue weighted by Gasteiger charge is -2.36. The predicted octanol–water partition coefficient (Wildman–Crippen LogP) is 3.17. The first-order valence-electron chi connectivity index (χ1n) is 12.1. The van der Waals surface area contributed by atoms with E-state index in [1.165, 1.54) is 12.1 Å². The van der Waals surface area contributed by atoms with E-state index in [0.29, 0.717) is 50.5 Å². The Labute approximate surface area is 200 Å². The van der Waals surface area contributed by atoms with Gasteiger partial charge in [-0.3, -0.25) is 4.79 Å². The molecule has 3 aliphatic heterocycles. The Bertz CT molecular complexity index is 1140. The predicted molar refractivity (Wildman–Crippen MR) is 130 cm³/mol. The molecule has 7 nitrogen and oxygen atoms in total. The van der Waals surface area contributed by atoms with Gasteiger partial charge in [-0.15, -0.1) is 0 Å². The monoisotopic (exact) mass is 486 g/mol. The van der Waals surface area contributed by atoms with Crippen LogP contribution in [0.15, 0.2) is 47.4 Å². The lowest BCUT2D eigenvalue weighted by molar-refractivity contribution is 0.0746. The van der Waals surface area contributed by atoms with E-state index in [2.05, 4.69) is 9.80 Å². The highest BCUT2D eigenvalue weighted by Gasteiger charge is 2.33. The Morgan fingerprint density at radius 1 is 0.735 bits per heavy atom. The summed E-state index contributed by atoms with van der Waals surface area (Å²) in [6.45, 7) is 5.07. The van der Waals surface area contributed by atoms with Crippen LogP contribution in [0.1, 0.15) is 36.0 Å². The molecule has 3 aliphatic rings. The molecule has 3 saturated heterocycles. The number of hydrogen-bond donors (Lipinski definition) is 0. The third-order valence-corrected chi connectivity index (χ3v) is 9.02. The summed E-state index contributed by atoms with van der Waals surface area (Å²) in [6, 6.07) is 11.6. The van der Waals surface area contributed by atoms with E-state index in [1.807, 2.05) is 6.07 Å². The van der Waals surface area contributed by atoms with E-state index in [1.54, 1.807) is 33.5 Å². The van der Waals surface area contributed by atoms with Crippen LogP contribution in [0.5, 0.6) is 0 Å². The van der Waals surface area contributed by atoms with Gasteiger partial charge in [0, 0.05) is 63.6 Å². The van der Waals surface area contributed by atoms with Crippen molar-refractivity contribution in [3.8, 4) is 0 Å². The van der Waals surface area contributed by atoms with Crippen molar-refractivity contribution >= 4 is 27.3 Å². The number of amides is 1. The second-order valence-corrected chi connectivity index (χ2v) is 11.1. The zero-order chi connectivity index (χ0) is 23.7. The number of carbonyl (C=O) groups excluding carboxylic acids is 1. The molecule has 9 heteroatoms. The summed E-state index contributed by atoms with van der Waals surface area (Å²) in [7, 11) is -3.66. The van der Waals surface area contributed by atoms with Crippen LogP contribution in [0.2, 0.25) is 0 Å². The fourth-order valence-electron chi connectivity index (χ4n) is 5.14. The van der Waals surface area contributed by atoms with Crippen molar-refractivity contribution in [1.29, 1.82) is 0 Å². The van der Waals surface area contributed by atoms with Crippen molar-refractivity contribution in [2.75, 3.05) is 62.2 Å². The molecule has 0 saturated carbocycles. The Morgan fingerprint density at radius 3 is 2.00 bits per heavy atom. The maximum absolute atomic E-state index is 13.5. The number of piperazine rings is 1. The normalized spacial score (nSPS) is 19.7. The first-order chi connectivity index (χ1) is 16.4. The van der Waals surface area contributed by atoms with Crippen molar-refractivity contribution in [2.24, 2.45) is 0 Å². The van der Waals surface area contributed by atoms with Crippen LogP contribution in [0.3, 0.4) is 0 Å². The van der Waals surface area contributed by atoms with Crippen molar-refractivity contribution < 1.29 is 17.6 Å².